The van der Waals surface area contributed by atoms with Crippen LogP contribution in [-0.4, -0.2) is 36.5 Å². The van der Waals surface area contributed by atoms with Gasteiger partial charge in [0.25, 0.3) is 5.91 Å². The summed E-state index contributed by atoms with van der Waals surface area (Å²) >= 11 is 0. The zero-order chi connectivity index (χ0) is 12.3. The van der Waals surface area contributed by atoms with Crippen molar-refractivity contribution in [3.8, 4) is 5.75 Å². The van der Waals surface area contributed by atoms with E-state index in [9.17, 15) is 4.79 Å². The second-order valence-corrected chi connectivity index (χ2v) is 4.54. The highest BCUT2D eigenvalue weighted by atomic mass is 16.5. The molecular formula is C13H18N2O2. The van der Waals surface area contributed by atoms with E-state index in [4.69, 9.17) is 10.5 Å². The second kappa shape index (κ2) is 5.19. The van der Waals surface area contributed by atoms with Gasteiger partial charge >= 0.3 is 0 Å². The van der Waals surface area contributed by atoms with Crippen LogP contribution in [0.2, 0.25) is 0 Å². The number of benzene rings is 1. The minimum Gasteiger partial charge on any atom is -0.484 e. The molecule has 4 nitrogen and oxygen atoms in total. The Morgan fingerprint density at radius 3 is 2.71 bits per heavy atom. The number of nitrogens with zero attached hydrogens (tertiary/aromatic N) is 1. The van der Waals surface area contributed by atoms with Crippen molar-refractivity contribution >= 4 is 5.91 Å². The average molecular weight is 234 g/mol. The molecule has 0 radical (unpaired) electrons. The van der Waals surface area contributed by atoms with Gasteiger partial charge in [-0.1, -0.05) is 25.1 Å². The molecule has 17 heavy (non-hydrogen) atoms. The van der Waals surface area contributed by atoms with Crippen molar-refractivity contribution < 1.29 is 9.53 Å². The highest BCUT2D eigenvalue weighted by Crippen LogP contribution is 2.15. The predicted octanol–water partition coefficient (Wildman–Crippen LogP) is 0.871. The lowest BCUT2D eigenvalue weighted by molar-refractivity contribution is -0.132. The average Bonchev–Trinajstić information content (AvgIpc) is 2.68. The summed E-state index contributed by atoms with van der Waals surface area (Å²) in [6, 6.07) is 9.45. The van der Waals surface area contributed by atoms with Crippen molar-refractivity contribution in [3.05, 3.63) is 30.3 Å². The maximum absolute atomic E-state index is 11.9. The Morgan fingerprint density at radius 2 is 2.12 bits per heavy atom. The van der Waals surface area contributed by atoms with Gasteiger partial charge in [0.15, 0.2) is 6.61 Å². The summed E-state index contributed by atoms with van der Waals surface area (Å²) in [5.74, 6) is 1.10. The van der Waals surface area contributed by atoms with Crippen LogP contribution in [-0.2, 0) is 4.79 Å². The van der Waals surface area contributed by atoms with E-state index in [0.717, 1.165) is 12.3 Å². The molecule has 0 saturated carbocycles. The number of hydrogen-bond acceptors (Lipinski definition) is 3. The van der Waals surface area contributed by atoms with Crippen LogP contribution in [0.15, 0.2) is 30.3 Å². The lowest BCUT2D eigenvalue weighted by atomic mass is 10.1. The Hall–Kier alpha value is -1.55. The molecule has 0 aromatic heterocycles. The molecule has 0 bridgehead atoms. The molecule has 1 amide bonds. The summed E-state index contributed by atoms with van der Waals surface area (Å²) in [6.45, 7) is 3.52. The third-order valence-electron chi connectivity index (χ3n) is 3.13. The van der Waals surface area contributed by atoms with Crippen LogP contribution >= 0.6 is 0 Å². The Balaban J connectivity index is 1.82. The molecule has 92 valence electrons. The quantitative estimate of drug-likeness (QED) is 0.844. The number of para-hydroxylation sites is 1. The first-order valence-electron chi connectivity index (χ1n) is 5.88. The van der Waals surface area contributed by atoms with Crippen LogP contribution in [0, 0.1) is 5.92 Å². The van der Waals surface area contributed by atoms with E-state index in [0.29, 0.717) is 12.5 Å². The number of nitrogens with two attached hydrogens (primary N) is 1. The smallest absolute Gasteiger partial charge is 0.260 e. The number of carbonyl (C=O) groups is 1. The lowest BCUT2D eigenvalue weighted by Gasteiger charge is -2.16. The summed E-state index contributed by atoms with van der Waals surface area (Å²) < 4.78 is 5.42. The number of hydrogen-bond donors (Lipinski definition) is 1. The van der Waals surface area contributed by atoms with Crippen LogP contribution in [0.3, 0.4) is 0 Å². The molecule has 1 aliphatic rings. The molecule has 1 aliphatic heterocycles. The van der Waals surface area contributed by atoms with E-state index >= 15 is 0 Å². The molecule has 2 N–H and O–H groups in total. The lowest BCUT2D eigenvalue weighted by Crippen LogP contribution is -2.35. The number of ether oxygens (including phenoxy) is 1. The fraction of sp³-hybridized carbons (Fsp3) is 0.462. The van der Waals surface area contributed by atoms with Crippen molar-refractivity contribution in [2.24, 2.45) is 11.7 Å². The van der Waals surface area contributed by atoms with Gasteiger partial charge in [0.05, 0.1) is 0 Å². The van der Waals surface area contributed by atoms with Gasteiger partial charge in [-0.05, 0) is 18.1 Å². The van der Waals surface area contributed by atoms with Crippen molar-refractivity contribution in [3.63, 3.8) is 0 Å². The minimum atomic E-state index is 0.00801. The van der Waals surface area contributed by atoms with Gasteiger partial charge < -0.3 is 15.4 Å². The molecular weight excluding hydrogens is 216 g/mol. The maximum Gasteiger partial charge on any atom is 0.260 e. The summed E-state index contributed by atoms with van der Waals surface area (Å²) in [5.41, 5.74) is 5.88. The Bertz CT molecular complexity index is 370. The number of rotatable bonds is 3. The molecule has 1 aromatic rings. The van der Waals surface area contributed by atoms with E-state index in [1.165, 1.54) is 0 Å². The monoisotopic (exact) mass is 234 g/mol. The first kappa shape index (κ1) is 11.9. The van der Waals surface area contributed by atoms with Gasteiger partial charge in [-0.15, -0.1) is 0 Å². The van der Waals surface area contributed by atoms with Crippen LogP contribution in [0.1, 0.15) is 6.92 Å². The van der Waals surface area contributed by atoms with Gasteiger partial charge in [-0.25, -0.2) is 0 Å². The number of carbonyl (C=O) groups excluding carboxylic acids is 1. The minimum absolute atomic E-state index is 0.00801. The number of likely N-dealkylation sites (tertiary alicyclic amines) is 1. The van der Waals surface area contributed by atoms with Crippen LogP contribution in [0.5, 0.6) is 5.75 Å². The molecule has 2 rings (SSSR count). The summed E-state index contributed by atoms with van der Waals surface area (Å²) in [6.07, 6.45) is 0. The molecule has 1 saturated heterocycles. The van der Waals surface area contributed by atoms with E-state index in [2.05, 4.69) is 6.92 Å². The molecule has 2 unspecified atom stereocenters. The molecule has 4 heteroatoms. The van der Waals surface area contributed by atoms with Gasteiger partial charge in [0.2, 0.25) is 0 Å². The zero-order valence-corrected chi connectivity index (χ0v) is 10.0. The Morgan fingerprint density at radius 1 is 1.41 bits per heavy atom. The summed E-state index contributed by atoms with van der Waals surface area (Å²) in [4.78, 5) is 13.6. The highest BCUT2D eigenvalue weighted by molar-refractivity contribution is 5.78. The molecule has 1 fully saturated rings. The number of amides is 1. The van der Waals surface area contributed by atoms with Crippen molar-refractivity contribution in [1.29, 1.82) is 0 Å². The zero-order valence-electron chi connectivity index (χ0n) is 10.0. The van der Waals surface area contributed by atoms with Gasteiger partial charge in [0, 0.05) is 19.1 Å². The standard InChI is InChI=1S/C13H18N2O2/c1-10-7-15(8-12(10)14)13(16)9-17-11-5-3-2-4-6-11/h2-6,10,12H,7-9,14H2,1H3. The SMILES string of the molecule is CC1CN(C(=O)COc2ccccc2)CC1N. The largest absolute Gasteiger partial charge is 0.484 e. The van der Waals surface area contributed by atoms with Crippen LogP contribution in [0.25, 0.3) is 0 Å². The van der Waals surface area contributed by atoms with Gasteiger partial charge in [-0.3, -0.25) is 4.79 Å². The van der Waals surface area contributed by atoms with E-state index < -0.39 is 0 Å². The second-order valence-electron chi connectivity index (χ2n) is 4.54. The van der Waals surface area contributed by atoms with Gasteiger partial charge in [-0.2, -0.15) is 0 Å². The van der Waals surface area contributed by atoms with E-state index in [1.807, 2.05) is 30.3 Å². The molecule has 0 aliphatic carbocycles. The van der Waals surface area contributed by atoms with Crippen LogP contribution < -0.4 is 10.5 Å². The molecule has 1 aromatic carbocycles. The first-order valence-corrected chi connectivity index (χ1v) is 5.88. The first-order chi connectivity index (χ1) is 8.16. The highest BCUT2D eigenvalue weighted by Gasteiger charge is 2.29. The third kappa shape index (κ3) is 2.97. The third-order valence-corrected chi connectivity index (χ3v) is 3.13. The maximum atomic E-state index is 11.9. The van der Waals surface area contributed by atoms with Crippen molar-refractivity contribution in [2.45, 2.75) is 13.0 Å². The summed E-state index contributed by atoms with van der Waals surface area (Å²) in [7, 11) is 0. The normalized spacial score (nSPS) is 23.8. The van der Waals surface area contributed by atoms with Crippen LogP contribution in [0.4, 0.5) is 0 Å². The van der Waals surface area contributed by atoms with E-state index in [1.54, 1.807) is 4.90 Å². The fourth-order valence-corrected chi connectivity index (χ4v) is 1.95. The topological polar surface area (TPSA) is 55.6 Å². The Labute approximate surface area is 101 Å². The van der Waals surface area contributed by atoms with Gasteiger partial charge in [0.1, 0.15) is 5.75 Å². The molecule has 1 heterocycles. The van der Waals surface area contributed by atoms with E-state index in [-0.39, 0.29) is 18.6 Å². The summed E-state index contributed by atoms with van der Waals surface area (Å²) in [5, 5.41) is 0. The Kier molecular flexibility index (Phi) is 3.64. The predicted molar refractivity (Wildman–Crippen MR) is 65.7 cm³/mol. The molecule has 2 atom stereocenters. The van der Waals surface area contributed by atoms with Crippen molar-refractivity contribution in [2.75, 3.05) is 19.7 Å². The van der Waals surface area contributed by atoms with Crippen molar-refractivity contribution in [1.82, 2.24) is 4.90 Å². The molecule has 0 spiro atoms. The fourth-order valence-electron chi connectivity index (χ4n) is 1.95.